The number of rotatable bonds is 4. The largest absolute Gasteiger partial charge is 0.310 e. The van der Waals surface area contributed by atoms with Crippen LogP contribution < -0.4 is 5.32 Å². The van der Waals surface area contributed by atoms with Crippen LogP contribution in [0, 0.1) is 23.2 Å². The number of aromatic nitrogens is 2. The highest BCUT2D eigenvalue weighted by atomic mass is 14.9. The minimum Gasteiger partial charge on any atom is -0.310 e. The molecule has 4 aliphatic rings. The van der Waals surface area contributed by atoms with E-state index in [0.29, 0.717) is 11.5 Å². The van der Waals surface area contributed by atoms with Gasteiger partial charge in [-0.25, -0.2) is 9.97 Å². The Morgan fingerprint density at radius 1 is 1.10 bits per heavy atom. The zero-order chi connectivity index (χ0) is 13.6. The molecule has 0 aromatic carbocycles. The Hall–Kier alpha value is -0.960. The van der Waals surface area contributed by atoms with E-state index >= 15 is 0 Å². The van der Waals surface area contributed by atoms with Crippen molar-refractivity contribution < 1.29 is 0 Å². The Morgan fingerprint density at radius 2 is 1.65 bits per heavy atom. The minimum absolute atomic E-state index is 0.588. The molecule has 1 heterocycles. The molecule has 0 spiro atoms. The van der Waals surface area contributed by atoms with E-state index in [1.54, 1.807) is 6.33 Å². The van der Waals surface area contributed by atoms with Gasteiger partial charge in [-0.15, -0.1) is 0 Å². The monoisotopic (exact) mass is 271 g/mol. The number of hydrogen-bond donors (Lipinski definition) is 1. The molecule has 3 heteroatoms. The standard InChI is InChI=1S/C17H25N3/c1-12(20-10-16-8-18-11-19-9-16)17-5-13-2-14(6-17)4-15(3-13)7-17/h8-9,11-15,20H,2-7,10H2,1H3. The van der Waals surface area contributed by atoms with E-state index in [1.807, 2.05) is 12.4 Å². The first-order valence-electron chi connectivity index (χ1n) is 8.21. The lowest BCUT2D eigenvalue weighted by Gasteiger charge is -2.59. The van der Waals surface area contributed by atoms with Crippen molar-refractivity contribution in [3.63, 3.8) is 0 Å². The van der Waals surface area contributed by atoms with Crippen molar-refractivity contribution in [3.8, 4) is 0 Å². The van der Waals surface area contributed by atoms with Crippen LogP contribution in [0.15, 0.2) is 18.7 Å². The van der Waals surface area contributed by atoms with Gasteiger partial charge in [-0.2, -0.15) is 0 Å². The molecule has 5 rings (SSSR count). The van der Waals surface area contributed by atoms with Crippen LogP contribution in [0.4, 0.5) is 0 Å². The summed E-state index contributed by atoms with van der Waals surface area (Å²) in [5.74, 6) is 3.10. The van der Waals surface area contributed by atoms with E-state index in [1.165, 1.54) is 44.1 Å². The molecule has 1 N–H and O–H groups in total. The van der Waals surface area contributed by atoms with Crippen LogP contribution in [0.5, 0.6) is 0 Å². The summed E-state index contributed by atoms with van der Waals surface area (Å²) in [6.07, 6.45) is 14.4. The van der Waals surface area contributed by atoms with Gasteiger partial charge < -0.3 is 5.32 Å². The lowest BCUT2D eigenvalue weighted by atomic mass is 9.48. The van der Waals surface area contributed by atoms with E-state index in [9.17, 15) is 0 Å². The maximum atomic E-state index is 4.10. The Kier molecular flexibility index (Phi) is 3.06. The summed E-state index contributed by atoms with van der Waals surface area (Å²) >= 11 is 0. The van der Waals surface area contributed by atoms with Gasteiger partial charge in [-0.05, 0) is 68.6 Å². The molecular weight excluding hydrogens is 246 g/mol. The second-order valence-corrected chi connectivity index (χ2v) is 7.63. The molecule has 20 heavy (non-hydrogen) atoms. The zero-order valence-corrected chi connectivity index (χ0v) is 12.4. The van der Waals surface area contributed by atoms with Crippen LogP contribution in [0.3, 0.4) is 0 Å². The van der Waals surface area contributed by atoms with Crippen molar-refractivity contribution in [2.24, 2.45) is 23.2 Å². The molecule has 4 saturated carbocycles. The van der Waals surface area contributed by atoms with E-state index < -0.39 is 0 Å². The molecule has 3 nitrogen and oxygen atoms in total. The van der Waals surface area contributed by atoms with Gasteiger partial charge >= 0.3 is 0 Å². The molecular formula is C17H25N3. The summed E-state index contributed by atoms with van der Waals surface area (Å²) < 4.78 is 0. The average Bonchev–Trinajstić information content (AvgIpc) is 2.44. The second-order valence-electron chi connectivity index (χ2n) is 7.63. The molecule has 0 saturated heterocycles. The maximum Gasteiger partial charge on any atom is 0.115 e. The Labute approximate surface area is 121 Å². The van der Waals surface area contributed by atoms with Gasteiger partial charge in [0.1, 0.15) is 6.33 Å². The Bertz CT molecular complexity index is 435. The van der Waals surface area contributed by atoms with E-state index in [0.717, 1.165) is 24.3 Å². The quantitative estimate of drug-likeness (QED) is 0.914. The first-order chi connectivity index (χ1) is 9.73. The van der Waals surface area contributed by atoms with Crippen molar-refractivity contribution in [2.45, 2.75) is 58.0 Å². The SMILES string of the molecule is CC(NCc1cncnc1)C12CC3CC(CC(C3)C1)C2. The highest BCUT2D eigenvalue weighted by Gasteiger charge is 2.52. The van der Waals surface area contributed by atoms with Crippen molar-refractivity contribution in [3.05, 3.63) is 24.3 Å². The minimum atomic E-state index is 0.588. The van der Waals surface area contributed by atoms with Crippen molar-refractivity contribution >= 4 is 0 Å². The summed E-state index contributed by atoms with van der Waals surface area (Å²) in [6.45, 7) is 3.32. The highest BCUT2D eigenvalue weighted by molar-refractivity contribution is 5.07. The zero-order valence-electron chi connectivity index (χ0n) is 12.4. The first kappa shape index (κ1) is 12.8. The molecule has 1 unspecified atom stereocenters. The van der Waals surface area contributed by atoms with Gasteiger partial charge in [0.25, 0.3) is 0 Å². The highest BCUT2D eigenvalue weighted by Crippen LogP contribution is 2.61. The Balaban J connectivity index is 1.44. The van der Waals surface area contributed by atoms with Crippen LogP contribution in [0.1, 0.15) is 51.0 Å². The fraction of sp³-hybridized carbons (Fsp3) is 0.765. The molecule has 1 atom stereocenters. The van der Waals surface area contributed by atoms with E-state index in [-0.39, 0.29) is 0 Å². The summed E-state index contributed by atoms with van der Waals surface area (Å²) in [7, 11) is 0. The van der Waals surface area contributed by atoms with Crippen molar-refractivity contribution in [2.75, 3.05) is 0 Å². The fourth-order valence-corrected chi connectivity index (χ4v) is 5.62. The van der Waals surface area contributed by atoms with Gasteiger partial charge in [-0.3, -0.25) is 0 Å². The normalized spacial score (nSPS) is 40.0. The van der Waals surface area contributed by atoms with E-state index in [4.69, 9.17) is 0 Å². The third-order valence-electron chi connectivity index (χ3n) is 6.23. The van der Waals surface area contributed by atoms with Crippen LogP contribution in [-0.2, 0) is 6.54 Å². The van der Waals surface area contributed by atoms with E-state index in [2.05, 4.69) is 22.2 Å². The summed E-state index contributed by atoms with van der Waals surface area (Å²) in [6, 6.07) is 0.621. The van der Waals surface area contributed by atoms with Gasteiger partial charge in [0, 0.05) is 30.5 Å². The van der Waals surface area contributed by atoms with Gasteiger partial charge in [0.2, 0.25) is 0 Å². The second kappa shape index (κ2) is 4.80. The third-order valence-corrected chi connectivity index (χ3v) is 6.23. The predicted molar refractivity (Wildman–Crippen MR) is 78.9 cm³/mol. The molecule has 1 aromatic heterocycles. The molecule has 0 amide bonds. The summed E-state index contributed by atoms with van der Waals surface area (Å²) in [4.78, 5) is 8.21. The molecule has 4 fully saturated rings. The molecule has 0 radical (unpaired) electrons. The third kappa shape index (κ3) is 2.16. The predicted octanol–water partition coefficient (Wildman–Crippen LogP) is 3.17. The molecule has 108 valence electrons. The van der Waals surface area contributed by atoms with Gasteiger partial charge in [0.15, 0.2) is 0 Å². The molecule has 1 aromatic rings. The summed E-state index contributed by atoms with van der Waals surface area (Å²) in [5.41, 5.74) is 1.79. The summed E-state index contributed by atoms with van der Waals surface area (Å²) in [5, 5.41) is 3.78. The fourth-order valence-electron chi connectivity index (χ4n) is 5.62. The molecule has 0 aliphatic heterocycles. The molecule has 4 bridgehead atoms. The van der Waals surface area contributed by atoms with Crippen LogP contribution in [0.2, 0.25) is 0 Å². The van der Waals surface area contributed by atoms with Gasteiger partial charge in [0.05, 0.1) is 0 Å². The van der Waals surface area contributed by atoms with Crippen LogP contribution in [-0.4, -0.2) is 16.0 Å². The van der Waals surface area contributed by atoms with Crippen LogP contribution in [0.25, 0.3) is 0 Å². The number of nitrogens with one attached hydrogen (secondary N) is 1. The topological polar surface area (TPSA) is 37.8 Å². The Morgan fingerprint density at radius 3 is 2.20 bits per heavy atom. The lowest BCUT2D eigenvalue weighted by Crippen LogP contribution is -2.54. The number of nitrogens with zero attached hydrogens (tertiary/aromatic N) is 2. The molecule has 4 aliphatic carbocycles. The lowest BCUT2D eigenvalue weighted by molar-refractivity contribution is -0.0706. The average molecular weight is 271 g/mol. The number of hydrogen-bond acceptors (Lipinski definition) is 3. The van der Waals surface area contributed by atoms with Gasteiger partial charge in [-0.1, -0.05) is 0 Å². The maximum absolute atomic E-state index is 4.10. The van der Waals surface area contributed by atoms with Crippen molar-refractivity contribution in [1.29, 1.82) is 0 Å². The van der Waals surface area contributed by atoms with Crippen LogP contribution >= 0.6 is 0 Å². The smallest absolute Gasteiger partial charge is 0.115 e. The first-order valence-corrected chi connectivity index (χ1v) is 8.21. The van der Waals surface area contributed by atoms with Crippen molar-refractivity contribution in [1.82, 2.24) is 15.3 Å².